The molecule has 1 aromatic heterocycles. The number of methoxy groups -OCH3 is 3. The van der Waals surface area contributed by atoms with Gasteiger partial charge in [0.05, 0.1) is 33.4 Å². The van der Waals surface area contributed by atoms with Gasteiger partial charge < -0.3 is 33.0 Å². The molecular weight excluding hydrogens is 490 g/mol. The van der Waals surface area contributed by atoms with Crippen LogP contribution >= 0.6 is 0 Å². The molecule has 3 aromatic carbocycles. The molecule has 0 radical (unpaired) electrons. The normalized spacial score (nSPS) is 11.9. The second kappa shape index (κ2) is 10.4. The maximum absolute atomic E-state index is 14.1. The van der Waals surface area contributed by atoms with Gasteiger partial charge in [0.2, 0.25) is 12.5 Å². The number of carbonyl (C=O) groups is 1. The second-order valence-corrected chi connectivity index (χ2v) is 8.60. The van der Waals surface area contributed by atoms with E-state index in [4.69, 9.17) is 28.4 Å². The van der Waals surface area contributed by atoms with Gasteiger partial charge in [0, 0.05) is 16.5 Å². The second-order valence-electron chi connectivity index (χ2n) is 8.60. The summed E-state index contributed by atoms with van der Waals surface area (Å²) in [6.45, 7) is 2.29. The Morgan fingerprint density at radius 2 is 1.76 bits per heavy atom. The van der Waals surface area contributed by atoms with Crippen LogP contribution in [0.1, 0.15) is 18.1 Å². The Labute approximate surface area is 219 Å². The number of pyridine rings is 1. The van der Waals surface area contributed by atoms with Crippen molar-refractivity contribution in [3.05, 3.63) is 76.1 Å². The van der Waals surface area contributed by atoms with Gasteiger partial charge in [-0.2, -0.15) is 0 Å². The summed E-state index contributed by atoms with van der Waals surface area (Å²) in [6.07, 6.45) is -0.229. The van der Waals surface area contributed by atoms with Crippen molar-refractivity contribution in [3.63, 3.8) is 0 Å². The van der Waals surface area contributed by atoms with Crippen molar-refractivity contribution < 1.29 is 33.2 Å². The first-order valence-corrected chi connectivity index (χ1v) is 12.0. The third-order valence-electron chi connectivity index (χ3n) is 6.53. The molecule has 1 aliphatic rings. The zero-order valence-corrected chi connectivity index (χ0v) is 21.5. The summed E-state index contributed by atoms with van der Waals surface area (Å²) in [5.74, 6) is 2.19. The highest BCUT2D eigenvalue weighted by Crippen LogP contribution is 2.41. The summed E-state index contributed by atoms with van der Waals surface area (Å²) >= 11 is 0. The van der Waals surface area contributed by atoms with Gasteiger partial charge in [0.1, 0.15) is 11.5 Å². The Bertz CT molecular complexity index is 1590. The summed E-state index contributed by atoms with van der Waals surface area (Å²) in [5.41, 5.74) is 3.00. The van der Waals surface area contributed by atoms with Gasteiger partial charge in [-0.25, -0.2) is 4.79 Å². The molecule has 0 bridgehead atoms. The van der Waals surface area contributed by atoms with Crippen LogP contribution in [0.25, 0.3) is 22.0 Å². The quantitative estimate of drug-likeness (QED) is 0.310. The molecule has 0 fully saturated rings. The topological polar surface area (TPSA) is 94.5 Å². The number of hydrogen-bond acceptors (Lipinski definition) is 8. The Balaban J connectivity index is 1.82. The number of nitrogens with zero attached hydrogens (tertiary/aromatic N) is 1. The van der Waals surface area contributed by atoms with Crippen molar-refractivity contribution in [2.45, 2.75) is 19.9 Å². The number of benzene rings is 3. The van der Waals surface area contributed by atoms with E-state index in [0.717, 1.165) is 22.9 Å². The molecule has 0 amide bonds. The van der Waals surface area contributed by atoms with Crippen LogP contribution < -0.4 is 29.2 Å². The minimum absolute atomic E-state index is 0.106. The lowest BCUT2D eigenvalue weighted by atomic mass is 9.97. The van der Waals surface area contributed by atoms with Gasteiger partial charge in [-0.15, -0.1) is 0 Å². The number of aromatic nitrogens is 1. The van der Waals surface area contributed by atoms with E-state index >= 15 is 0 Å². The van der Waals surface area contributed by atoms with E-state index in [0.29, 0.717) is 39.6 Å². The van der Waals surface area contributed by atoms with Gasteiger partial charge >= 0.3 is 6.16 Å². The minimum Gasteiger partial charge on any atom is -0.497 e. The van der Waals surface area contributed by atoms with E-state index in [-0.39, 0.29) is 19.1 Å². The fourth-order valence-corrected chi connectivity index (χ4v) is 4.59. The van der Waals surface area contributed by atoms with Crippen LogP contribution in [-0.2, 0) is 17.7 Å². The highest BCUT2D eigenvalue weighted by atomic mass is 16.7. The molecule has 38 heavy (non-hydrogen) atoms. The number of hydrogen-bond donors (Lipinski definition) is 0. The zero-order chi connectivity index (χ0) is 26.8. The predicted octanol–water partition coefficient (Wildman–Crippen LogP) is 5.17. The van der Waals surface area contributed by atoms with Crippen LogP contribution in [0, 0.1) is 0 Å². The van der Waals surface area contributed by atoms with Gasteiger partial charge in [-0.3, -0.25) is 4.79 Å². The van der Waals surface area contributed by atoms with Crippen LogP contribution in [0.3, 0.4) is 0 Å². The molecule has 0 unspecified atom stereocenters. The molecule has 9 heteroatoms. The fourth-order valence-electron chi connectivity index (χ4n) is 4.59. The van der Waals surface area contributed by atoms with Gasteiger partial charge in [0.15, 0.2) is 11.5 Å². The number of carbonyl (C=O) groups excluding carboxylic acids is 1. The molecule has 0 N–H and O–H groups in total. The first-order chi connectivity index (χ1) is 18.5. The molecule has 9 nitrogen and oxygen atoms in total. The van der Waals surface area contributed by atoms with Crippen LogP contribution in [0.5, 0.6) is 28.7 Å². The number of fused-ring (bicyclic) bond motifs is 2. The smallest absolute Gasteiger partial charge is 0.497 e. The van der Waals surface area contributed by atoms with E-state index in [2.05, 4.69) is 0 Å². The highest BCUT2D eigenvalue weighted by Gasteiger charge is 2.25. The average Bonchev–Trinajstić information content (AvgIpc) is 3.42. The maximum atomic E-state index is 14.1. The summed E-state index contributed by atoms with van der Waals surface area (Å²) in [6, 6.07) is 16.6. The molecule has 0 spiro atoms. The van der Waals surface area contributed by atoms with Crippen LogP contribution in [0.15, 0.2) is 59.4 Å². The standard InChI is InChI=1S/C29H27NO8/c1-5-17-6-9-22-21(12-17)26(18-7-10-24-25(14-18)37-16-36-24)27(38-29(32)35-4)28(31)30(22)15-19-13-20(33-2)8-11-23(19)34-3/h6-14H,5,15-16H2,1-4H3. The SMILES string of the molecule is CCc1ccc2c(c1)c(-c1ccc3c(c1)OCO3)c(OC(=O)OC)c(=O)n2Cc1cc(OC)ccc1OC. The van der Waals surface area contributed by atoms with Gasteiger partial charge in [0.25, 0.3) is 5.56 Å². The van der Waals surface area contributed by atoms with E-state index in [1.807, 2.05) is 31.2 Å². The van der Waals surface area contributed by atoms with Crippen LogP contribution in [0.4, 0.5) is 4.79 Å². The molecule has 0 aliphatic carbocycles. The van der Waals surface area contributed by atoms with Crippen molar-refractivity contribution in [3.8, 4) is 39.9 Å². The summed E-state index contributed by atoms with van der Waals surface area (Å²) in [7, 11) is 4.33. The Morgan fingerprint density at radius 3 is 2.50 bits per heavy atom. The highest BCUT2D eigenvalue weighted by molar-refractivity contribution is 5.99. The largest absolute Gasteiger partial charge is 0.513 e. The molecule has 0 saturated carbocycles. The van der Waals surface area contributed by atoms with E-state index in [1.165, 1.54) is 7.11 Å². The molecule has 2 heterocycles. The number of rotatable bonds is 7. The Kier molecular flexibility index (Phi) is 6.83. The molecule has 5 rings (SSSR count). The molecular formula is C29H27NO8. The van der Waals surface area contributed by atoms with E-state index < -0.39 is 11.7 Å². The molecule has 0 saturated heterocycles. The van der Waals surface area contributed by atoms with Crippen molar-refractivity contribution in [1.82, 2.24) is 4.57 Å². The van der Waals surface area contributed by atoms with Crippen molar-refractivity contribution in [1.29, 1.82) is 0 Å². The van der Waals surface area contributed by atoms with Crippen LogP contribution in [-0.4, -0.2) is 38.8 Å². The van der Waals surface area contributed by atoms with Crippen LogP contribution in [0.2, 0.25) is 0 Å². The average molecular weight is 518 g/mol. The van der Waals surface area contributed by atoms with Crippen molar-refractivity contribution >= 4 is 17.1 Å². The van der Waals surface area contributed by atoms with Gasteiger partial charge in [-0.1, -0.05) is 19.1 Å². The lowest BCUT2D eigenvalue weighted by molar-refractivity contribution is 0.121. The third-order valence-corrected chi connectivity index (χ3v) is 6.53. The number of ether oxygens (including phenoxy) is 6. The van der Waals surface area contributed by atoms with E-state index in [1.54, 1.807) is 49.1 Å². The Hall–Kier alpha value is -4.66. The van der Waals surface area contributed by atoms with Crippen molar-refractivity contribution in [2.75, 3.05) is 28.1 Å². The van der Waals surface area contributed by atoms with E-state index in [9.17, 15) is 9.59 Å². The summed E-state index contributed by atoms with van der Waals surface area (Å²) in [4.78, 5) is 26.4. The summed E-state index contributed by atoms with van der Waals surface area (Å²) in [5, 5.41) is 0.726. The predicted molar refractivity (Wildman–Crippen MR) is 141 cm³/mol. The third kappa shape index (κ3) is 4.47. The number of aryl methyl sites for hydroxylation is 1. The molecule has 0 atom stereocenters. The molecule has 1 aliphatic heterocycles. The first kappa shape index (κ1) is 25.0. The lowest BCUT2D eigenvalue weighted by Crippen LogP contribution is -2.26. The maximum Gasteiger partial charge on any atom is 0.513 e. The monoisotopic (exact) mass is 517 g/mol. The zero-order valence-electron chi connectivity index (χ0n) is 21.5. The van der Waals surface area contributed by atoms with Gasteiger partial charge in [-0.05, 0) is 60.0 Å². The van der Waals surface area contributed by atoms with Crippen molar-refractivity contribution in [2.24, 2.45) is 0 Å². The minimum atomic E-state index is -0.999. The summed E-state index contributed by atoms with van der Waals surface area (Å²) < 4.78 is 33.8. The molecule has 4 aromatic rings. The molecule has 196 valence electrons. The Morgan fingerprint density at radius 1 is 0.947 bits per heavy atom. The fraction of sp³-hybridized carbons (Fsp3) is 0.241. The lowest BCUT2D eigenvalue weighted by Gasteiger charge is -2.19. The first-order valence-electron chi connectivity index (χ1n) is 12.0.